The fourth-order valence-electron chi connectivity index (χ4n) is 8.65. The first-order valence-electron chi connectivity index (χ1n) is 21.0. The molecular weight excluding hydrogens is 755 g/mol. The lowest BCUT2D eigenvalue weighted by Gasteiger charge is -2.38. The molecular formula is C46H67N3O4S3. The van der Waals surface area contributed by atoms with E-state index >= 15 is 0 Å². The van der Waals surface area contributed by atoms with Crippen molar-refractivity contribution in [2.45, 2.75) is 112 Å². The molecule has 56 heavy (non-hydrogen) atoms. The minimum atomic E-state index is 0.476. The molecule has 7 nitrogen and oxygen atoms in total. The summed E-state index contributed by atoms with van der Waals surface area (Å²) in [6.45, 7) is 7.80. The number of piperidine rings is 3. The molecule has 3 aromatic carbocycles. The van der Waals surface area contributed by atoms with E-state index in [0.29, 0.717) is 23.4 Å². The third-order valence-corrected chi connectivity index (χ3v) is 14.5. The Labute approximate surface area is 352 Å². The van der Waals surface area contributed by atoms with Crippen molar-refractivity contribution < 1.29 is 18.9 Å². The average Bonchev–Trinajstić information content (AvgIpc) is 4.19. The van der Waals surface area contributed by atoms with Crippen LogP contribution in [0.1, 0.15) is 74.5 Å². The Morgan fingerprint density at radius 1 is 0.643 bits per heavy atom. The molecule has 5 saturated heterocycles. The molecule has 6 atom stereocenters. The molecule has 0 amide bonds. The van der Waals surface area contributed by atoms with Gasteiger partial charge in [0.05, 0.1) is 34.0 Å². The van der Waals surface area contributed by atoms with Crippen molar-refractivity contribution in [3.63, 3.8) is 0 Å². The van der Waals surface area contributed by atoms with Crippen molar-refractivity contribution >= 4 is 36.2 Å². The largest absolute Gasteiger partial charge is 0.497 e. The maximum absolute atomic E-state index is 5.49. The Morgan fingerprint density at radius 2 is 1.05 bits per heavy atom. The van der Waals surface area contributed by atoms with E-state index in [1.165, 1.54) is 99.9 Å². The van der Waals surface area contributed by atoms with Crippen LogP contribution in [0.2, 0.25) is 0 Å². The molecule has 0 saturated carbocycles. The zero-order valence-electron chi connectivity index (χ0n) is 34.4. The smallest absolute Gasteiger partial charge is 0.118 e. The Balaban J connectivity index is 0.000000143. The zero-order valence-corrected chi connectivity index (χ0v) is 36.9. The van der Waals surface area contributed by atoms with Gasteiger partial charge in [-0.25, -0.2) is 0 Å². The van der Waals surface area contributed by atoms with Gasteiger partial charge >= 0.3 is 0 Å². The van der Waals surface area contributed by atoms with Gasteiger partial charge in [0.15, 0.2) is 0 Å². The summed E-state index contributed by atoms with van der Waals surface area (Å²) in [5.41, 5.74) is 4.14. The van der Waals surface area contributed by atoms with Gasteiger partial charge in [-0.05, 0) is 118 Å². The van der Waals surface area contributed by atoms with Crippen molar-refractivity contribution in [2.75, 3.05) is 65.3 Å². The number of likely N-dealkylation sites (tertiary alicyclic amines) is 3. The Morgan fingerprint density at radius 3 is 1.48 bits per heavy atom. The summed E-state index contributed by atoms with van der Waals surface area (Å²) in [6.07, 6.45) is 14.7. The summed E-state index contributed by atoms with van der Waals surface area (Å²) in [5.74, 6) is 5.32. The molecule has 5 aliphatic rings. The average molecular weight is 822 g/mol. The van der Waals surface area contributed by atoms with Gasteiger partial charge in [-0.3, -0.25) is 14.7 Å². The van der Waals surface area contributed by atoms with Crippen molar-refractivity contribution in [1.29, 1.82) is 0 Å². The van der Waals surface area contributed by atoms with E-state index in [-0.39, 0.29) is 0 Å². The van der Waals surface area contributed by atoms with Crippen LogP contribution in [-0.2, 0) is 24.4 Å². The number of benzene rings is 3. The van der Waals surface area contributed by atoms with E-state index in [2.05, 4.69) is 81.2 Å². The first-order chi connectivity index (χ1) is 27.5. The van der Waals surface area contributed by atoms with Crippen molar-refractivity contribution in [3.8, 4) is 17.2 Å². The van der Waals surface area contributed by atoms with Gasteiger partial charge in [-0.1, -0.05) is 55.7 Å². The molecule has 0 spiro atoms. The highest BCUT2D eigenvalue weighted by Gasteiger charge is 2.38. The lowest BCUT2D eigenvalue weighted by molar-refractivity contribution is 0.113. The van der Waals surface area contributed by atoms with Crippen LogP contribution in [0.5, 0.6) is 17.2 Å². The van der Waals surface area contributed by atoms with E-state index in [1.807, 2.05) is 36.0 Å². The van der Waals surface area contributed by atoms with Gasteiger partial charge in [0.25, 0.3) is 0 Å². The second-order valence-corrected chi connectivity index (χ2v) is 18.8. The topological polar surface area (TPSA) is 49.9 Å². The first-order valence-corrected chi connectivity index (χ1v) is 23.9. The van der Waals surface area contributed by atoms with E-state index in [4.69, 9.17) is 31.6 Å². The van der Waals surface area contributed by atoms with Gasteiger partial charge in [-0.15, -0.1) is 0 Å². The molecule has 0 N–H and O–H groups in total. The van der Waals surface area contributed by atoms with Gasteiger partial charge < -0.3 is 18.9 Å². The minimum absolute atomic E-state index is 0.476. The van der Waals surface area contributed by atoms with Crippen LogP contribution in [0.3, 0.4) is 0 Å². The third-order valence-electron chi connectivity index (χ3n) is 12.0. The zero-order chi connectivity index (χ0) is 39.1. The lowest BCUT2D eigenvalue weighted by atomic mass is 9.98. The molecule has 10 heteroatoms. The number of thioether (sulfide) groups is 2. The molecule has 0 aromatic heterocycles. The highest BCUT2D eigenvalue weighted by Crippen LogP contribution is 2.40. The summed E-state index contributed by atoms with van der Waals surface area (Å²) in [6, 6.07) is 27.5. The van der Waals surface area contributed by atoms with Crippen LogP contribution < -0.4 is 14.2 Å². The van der Waals surface area contributed by atoms with Crippen LogP contribution in [-0.4, -0.2) is 115 Å². The second kappa shape index (κ2) is 22.9. The maximum Gasteiger partial charge on any atom is 0.118 e. The monoisotopic (exact) mass is 821 g/mol. The number of nitrogens with zero attached hydrogens (tertiary/aromatic N) is 3. The van der Waals surface area contributed by atoms with Crippen LogP contribution >= 0.6 is 36.2 Å². The minimum Gasteiger partial charge on any atom is -0.497 e. The van der Waals surface area contributed by atoms with Crippen molar-refractivity contribution in [3.05, 3.63) is 89.5 Å². The van der Waals surface area contributed by atoms with Gasteiger partial charge in [0.1, 0.15) is 17.2 Å². The van der Waals surface area contributed by atoms with Crippen LogP contribution in [0.25, 0.3) is 0 Å². The van der Waals surface area contributed by atoms with E-state index in [0.717, 1.165) is 60.5 Å². The molecule has 308 valence electrons. The van der Waals surface area contributed by atoms with E-state index < -0.39 is 0 Å². The standard InChI is InChI=1S/C16H25NOS2.C15H21NO2.C15H21NOS/c1-18-14-8-6-13(7-9-14)11-17-10-4-3-5-15(17)16(19)12-20-2;2*1-17-13-7-5-12(6-8-13)10-16-9-3-2-4-14(16)15-11-18-15/h6-9,15-16,19H,3-5,10-12H2,1-2H3;2*5-8,14-15H,2-4,9-11H2,1H3. The predicted octanol–water partition coefficient (Wildman–Crippen LogP) is 9.32. The number of epoxide rings is 1. The first kappa shape index (κ1) is 43.5. The quantitative estimate of drug-likeness (QED) is 0.127. The van der Waals surface area contributed by atoms with Crippen molar-refractivity contribution in [2.24, 2.45) is 0 Å². The number of hydrogen-bond donors (Lipinski definition) is 1. The fourth-order valence-corrected chi connectivity index (χ4v) is 10.9. The Bertz CT molecular complexity index is 1460. The molecule has 0 radical (unpaired) electrons. The molecule has 5 fully saturated rings. The Kier molecular flexibility index (Phi) is 17.8. The summed E-state index contributed by atoms with van der Waals surface area (Å²) >= 11 is 8.86. The van der Waals surface area contributed by atoms with Crippen molar-refractivity contribution in [1.82, 2.24) is 14.7 Å². The molecule has 5 aliphatic heterocycles. The third kappa shape index (κ3) is 13.5. The molecule has 0 aliphatic carbocycles. The van der Waals surface area contributed by atoms with Crippen LogP contribution in [0.15, 0.2) is 72.8 Å². The van der Waals surface area contributed by atoms with E-state index in [1.54, 1.807) is 21.3 Å². The predicted molar refractivity (Wildman–Crippen MR) is 240 cm³/mol. The second-order valence-electron chi connectivity index (χ2n) is 15.9. The SMILES string of the molecule is COc1ccc(CN2CCCCC2C(S)CSC)cc1.COc1ccc(CN2CCCCC2C2CO2)cc1.COc1ccc(CN2CCCCC2C2CS2)cc1. The number of rotatable bonds is 14. The maximum atomic E-state index is 5.49. The highest BCUT2D eigenvalue weighted by molar-refractivity contribution is 8.07. The van der Waals surface area contributed by atoms with E-state index in [9.17, 15) is 0 Å². The van der Waals surface area contributed by atoms with Crippen LogP contribution in [0.4, 0.5) is 0 Å². The molecule has 0 bridgehead atoms. The number of ether oxygens (including phenoxy) is 4. The number of thiol groups is 1. The molecule has 3 aromatic rings. The number of methoxy groups -OCH3 is 3. The molecule has 8 rings (SSSR count). The highest BCUT2D eigenvalue weighted by atomic mass is 32.2. The summed E-state index contributed by atoms with van der Waals surface area (Å²) < 4.78 is 21.1. The molecule has 5 heterocycles. The van der Waals surface area contributed by atoms with Gasteiger partial charge in [0.2, 0.25) is 0 Å². The van der Waals surface area contributed by atoms with Crippen LogP contribution in [0, 0.1) is 0 Å². The Hall–Kier alpha value is -2.05. The summed E-state index contributed by atoms with van der Waals surface area (Å²) in [5, 5.41) is 1.40. The number of hydrogen-bond acceptors (Lipinski definition) is 10. The van der Waals surface area contributed by atoms with Gasteiger partial charge in [-0.2, -0.15) is 36.2 Å². The summed E-state index contributed by atoms with van der Waals surface area (Å²) in [4.78, 5) is 7.89. The van der Waals surface area contributed by atoms with Gasteiger partial charge in [0, 0.05) is 59.8 Å². The summed E-state index contributed by atoms with van der Waals surface area (Å²) in [7, 11) is 5.14. The lowest BCUT2D eigenvalue weighted by Crippen LogP contribution is -2.45. The normalized spacial score (nSPS) is 25.8. The fraction of sp³-hybridized carbons (Fsp3) is 0.609. The molecule has 6 unspecified atom stereocenters.